The first-order chi connectivity index (χ1) is 16.1. The van der Waals surface area contributed by atoms with Crippen LogP contribution < -0.4 is 10.6 Å². The van der Waals surface area contributed by atoms with E-state index in [1.807, 2.05) is 66.7 Å². The summed E-state index contributed by atoms with van der Waals surface area (Å²) < 4.78 is 0. The number of hydrogen-bond acceptors (Lipinski definition) is 3. The van der Waals surface area contributed by atoms with Crippen LogP contribution in [0.5, 0.6) is 0 Å². The van der Waals surface area contributed by atoms with E-state index < -0.39 is 11.8 Å². The highest BCUT2D eigenvalue weighted by Gasteiger charge is 2.32. The molecule has 1 heterocycles. The van der Waals surface area contributed by atoms with Crippen molar-refractivity contribution in [1.29, 1.82) is 0 Å². The lowest BCUT2D eigenvalue weighted by atomic mass is 9.84. The monoisotopic (exact) mass is 438 g/mol. The number of hydrogen-bond donors (Lipinski definition) is 3. The molecule has 5 rings (SSSR count). The lowest BCUT2D eigenvalue weighted by molar-refractivity contribution is -0.120. The van der Waals surface area contributed by atoms with Crippen molar-refractivity contribution in [2.24, 2.45) is 0 Å². The summed E-state index contributed by atoms with van der Waals surface area (Å²) in [5.41, 5.74) is 2.63. The summed E-state index contributed by atoms with van der Waals surface area (Å²) in [5, 5.41) is 18.1. The molecule has 0 atom stereocenters. The van der Waals surface area contributed by atoms with E-state index in [2.05, 4.69) is 10.6 Å². The zero-order chi connectivity index (χ0) is 22.8. The second-order valence-corrected chi connectivity index (χ2v) is 8.75. The van der Waals surface area contributed by atoms with Gasteiger partial charge in [0.15, 0.2) is 5.76 Å². The highest BCUT2D eigenvalue weighted by atomic mass is 16.3. The predicted octanol–water partition coefficient (Wildman–Crippen LogP) is 5.81. The number of aliphatic hydroxyl groups is 1. The second-order valence-electron chi connectivity index (χ2n) is 8.75. The van der Waals surface area contributed by atoms with Gasteiger partial charge in [0.2, 0.25) is 0 Å². The molecule has 166 valence electrons. The number of aliphatic hydroxyl groups excluding tert-OH is 1. The molecule has 0 aromatic heterocycles. The Morgan fingerprint density at radius 1 is 0.939 bits per heavy atom. The number of carbonyl (C=O) groups is 2. The summed E-state index contributed by atoms with van der Waals surface area (Å²) >= 11 is 0. The average Bonchev–Trinajstić information content (AvgIpc) is 3.12. The summed E-state index contributed by atoms with van der Waals surface area (Å²) in [6, 6.07) is 21.6. The smallest absolute Gasteiger partial charge is 0.265 e. The molecule has 33 heavy (non-hydrogen) atoms. The van der Waals surface area contributed by atoms with E-state index in [0.29, 0.717) is 11.6 Å². The van der Waals surface area contributed by atoms with Gasteiger partial charge in [-0.05, 0) is 64.9 Å². The first-order valence-corrected chi connectivity index (χ1v) is 11.5. The van der Waals surface area contributed by atoms with Crippen LogP contribution in [0, 0.1) is 0 Å². The lowest BCUT2D eigenvalue weighted by Gasteiger charge is -2.22. The fraction of sp³-hybridized carbons (Fsp3) is 0.214. The predicted molar refractivity (Wildman–Crippen MR) is 131 cm³/mol. The molecule has 1 fully saturated rings. The van der Waals surface area contributed by atoms with Crippen molar-refractivity contribution < 1.29 is 14.7 Å². The molecular weight excluding hydrogens is 412 g/mol. The summed E-state index contributed by atoms with van der Waals surface area (Å²) in [6.07, 6.45) is 7.92. The van der Waals surface area contributed by atoms with Crippen molar-refractivity contribution in [3.05, 3.63) is 94.9 Å². The van der Waals surface area contributed by atoms with Gasteiger partial charge < -0.3 is 15.7 Å². The Balaban J connectivity index is 1.33. The molecule has 1 saturated carbocycles. The Bertz CT molecular complexity index is 1280. The maximum absolute atomic E-state index is 12.8. The highest BCUT2D eigenvalue weighted by molar-refractivity contribution is 6.25. The van der Waals surface area contributed by atoms with Gasteiger partial charge in [-0.15, -0.1) is 0 Å². The minimum atomic E-state index is -0.627. The fourth-order valence-electron chi connectivity index (χ4n) is 4.73. The molecule has 2 aliphatic rings. The van der Waals surface area contributed by atoms with Crippen LogP contribution in [0.25, 0.3) is 16.8 Å². The van der Waals surface area contributed by atoms with Gasteiger partial charge >= 0.3 is 0 Å². The maximum atomic E-state index is 12.8. The normalized spacial score (nSPS) is 18.1. The van der Waals surface area contributed by atoms with E-state index in [1.165, 1.54) is 37.7 Å². The molecule has 0 spiro atoms. The van der Waals surface area contributed by atoms with Crippen molar-refractivity contribution >= 4 is 34.4 Å². The van der Waals surface area contributed by atoms with E-state index in [4.69, 9.17) is 0 Å². The van der Waals surface area contributed by atoms with Crippen molar-refractivity contribution in [2.45, 2.75) is 38.0 Å². The van der Waals surface area contributed by atoms with Gasteiger partial charge in [0, 0.05) is 5.69 Å². The minimum Gasteiger partial charge on any atom is -0.505 e. The molecular formula is C28H26N2O3. The van der Waals surface area contributed by atoms with Crippen LogP contribution in [-0.4, -0.2) is 16.9 Å². The Morgan fingerprint density at radius 2 is 1.67 bits per heavy atom. The molecule has 3 aromatic carbocycles. The number of amides is 2. The Labute approximate surface area is 192 Å². The van der Waals surface area contributed by atoms with Crippen LogP contribution in [-0.2, 0) is 9.59 Å². The molecule has 0 saturated heterocycles. The number of benzene rings is 3. The van der Waals surface area contributed by atoms with Crippen molar-refractivity contribution in [3.63, 3.8) is 0 Å². The van der Waals surface area contributed by atoms with Crippen molar-refractivity contribution in [2.75, 3.05) is 5.32 Å². The third-order valence-corrected chi connectivity index (χ3v) is 6.52. The molecule has 0 radical (unpaired) electrons. The quantitative estimate of drug-likeness (QED) is 0.450. The standard InChI is InChI=1S/C28H26N2O3/c31-26-24(17-18-10-11-20-8-4-5-9-22(20)16-18)30-28(33)25(26)27(32)29-23-14-12-21(13-15-23)19-6-2-1-3-7-19/h4-5,8-17,19,31H,1-3,6-7H2,(H,29,32)(H,30,33)/b24-17+. The summed E-state index contributed by atoms with van der Waals surface area (Å²) in [6.45, 7) is 0. The Kier molecular flexibility index (Phi) is 5.69. The van der Waals surface area contributed by atoms with Crippen LogP contribution in [0.2, 0.25) is 0 Å². The zero-order valence-corrected chi connectivity index (χ0v) is 18.3. The maximum Gasteiger partial charge on any atom is 0.265 e. The topological polar surface area (TPSA) is 78.4 Å². The van der Waals surface area contributed by atoms with Gasteiger partial charge in [-0.1, -0.05) is 67.8 Å². The van der Waals surface area contributed by atoms with E-state index in [0.717, 1.165) is 16.3 Å². The van der Waals surface area contributed by atoms with E-state index in [9.17, 15) is 14.7 Å². The molecule has 3 aromatic rings. The molecule has 5 nitrogen and oxygen atoms in total. The van der Waals surface area contributed by atoms with Crippen LogP contribution in [0.4, 0.5) is 5.69 Å². The summed E-state index contributed by atoms with van der Waals surface area (Å²) in [4.78, 5) is 25.2. The van der Waals surface area contributed by atoms with Gasteiger partial charge in [-0.25, -0.2) is 0 Å². The third-order valence-electron chi connectivity index (χ3n) is 6.52. The number of nitrogens with one attached hydrogen (secondary N) is 2. The molecule has 0 bridgehead atoms. The Morgan fingerprint density at radius 3 is 2.42 bits per heavy atom. The number of fused-ring (bicyclic) bond motifs is 1. The largest absolute Gasteiger partial charge is 0.505 e. The lowest BCUT2D eigenvalue weighted by Crippen LogP contribution is -2.24. The van der Waals surface area contributed by atoms with Gasteiger partial charge in [0.05, 0.1) is 5.70 Å². The van der Waals surface area contributed by atoms with Crippen LogP contribution >= 0.6 is 0 Å². The van der Waals surface area contributed by atoms with E-state index in [-0.39, 0.29) is 17.0 Å². The fourth-order valence-corrected chi connectivity index (χ4v) is 4.73. The summed E-state index contributed by atoms with van der Waals surface area (Å²) in [7, 11) is 0. The van der Waals surface area contributed by atoms with Gasteiger partial charge in [0.25, 0.3) is 11.8 Å². The molecule has 3 N–H and O–H groups in total. The zero-order valence-electron chi connectivity index (χ0n) is 18.3. The third kappa shape index (κ3) is 4.40. The Hall–Kier alpha value is -3.86. The first-order valence-electron chi connectivity index (χ1n) is 11.5. The van der Waals surface area contributed by atoms with Crippen LogP contribution in [0.15, 0.2) is 83.8 Å². The van der Waals surface area contributed by atoms with Gasteiger partial charge in [0.1, 0.15) is 5.57 Å². The van der Waals surface area contributed by atoms with Gasteiger partial charge in [-0.3, -0.25) is 9.59 Å². The van der Waals surface area contributed by atoms with Crippen molar-refractivity contribution in [3.8, 4) is 0 Å². The van der Waals surface area contributed by atoms with E-state index in [1.54, 1.807) is 6.08 Å². The van der Waals surface area contributed by atoms with Crippen LogP contribution in [0.1, 0.15) is 49.1 Å². The minimum absolute atomic E-state index is 0.216. The SMILES string of the molecule is O=C1N/C(=C/c2ccc3ccccc3c2)C(O)=C1C(=O)Nc1ccc(C2CCCCC2)cc1. The highest BCUT2D eigenvalue weighted by Crippen LogP contribution is 2.33. The molecule has 2 amide bonds. The second kappa shape index (κ2) is 8.94. The molecule has 5 heteroatoms. The van der Waals surface area contributed by atoms with Gasteiger partial charge in [-0.2, -0.15) is 0 Å². The molecule has 0 unspecified atom stereocenters. The summed E-state index contributed by atoms with van der Waals surface area (Å²) in [5.74, 6) is -1.00. The molecule has 1 aliphatic carbocycles. The average molecular weight is 439 g/mol. The number of carbonyl (C=O) groups excluding carboxylic acids is 2. The van der Waals surface area contributed by atoms with E-state index >= 15 is 0 Å². The van der Waals surface area contributed by atoms with Crippen LogP contribution in [0.3, 0.4) is 0 Å². The van der Waals surface area contributed by atoms with Crippen molar-refractivity contribution in [1.82, 2.24) is 5.32 Å². The number of anilines is 1. The first kappa shape index (κ1) is 21.0. The molecule has 1 aliphatic heterocycles. The number of rotatable bonds is 4.